The first-order valence-electron chi connectivity index (χ1n) is 6.37. The number of nitrogens with one attached hydrogen (secondary N) is 1. The average molecular weight is 301 g/mol. The van der Waals surface area contributed by atoms with Crippen LogP contribution in [0.25, 0.3) is 10.9 Å². The molecule has 2 aromatic heterocycles. The Morgan fingerprint density at radius 3 is 2.86 bits per heavy atom. The standard InChI is InChI=1S/C15H13ClN4O/c16-12-2-4-14-10(7-12)5-6-20(14)9-13-3-1-11(8-18-13)15(21)19-17/h1-8H,9,17H2,(H,19,21). The van der Waals surface area contributed by atoms with Crippen LogP contribution in [0, 0.1) is 0 Å². The van der Waals surface area contributed by atoms with Crippen molar-refractivity contribution >= 4 is 28.4 Å². The number of hydrogen-bond donors (Lipinski definition) is 2. The van der Waals surface area contributed by atoms with Gasteiger partial charge in [0, 0.05) is 28.3 Å². The van der Waals surface area contributed by atoms with Gasteiger partial charge in [-0.3, -0.25) is 15.2 Å². The molecule has 0 aliphatic rings. The zero-order valence-corrected chi connectivity index (χ0v) is 11.8. The van der Waals surface area contributed by atoms with Crippen molar-refractivity contribution in [2.45, 2.75) is 6.54 Å². The van der Waals surface area contributed by atoms with Crippen LogP contribution >= 0.6 is 11.6 Å². The summed E-state index contributed by atoms with van der Waals surface area (Å²) in [4.78, 5) is 15.6. The molecule has 1 aromatic carbocycles. The topological polar surface area (TPSA) is 72.9 Å². The van der Waals surface area contributed by atoms with Gasteiger partial charge in [0.25, 0.3) is 5.91 Å². The molecule has 6 heteroatoms. The number of hydrogen-bond acceptors (Lipinski definition) is 3. The van der Waals surface area contributed by atoms with Crippen LogP contribution in [0.1, 0.15) is 16.1 Å². The second kappa shape index (κ2) is 5.55. The van der Waals surface area contributed by atoms with Crippen LogP contribution in [0.3, 0.4) is 0 Å². The smallest absolute Gasteiger partial charge is 0.266 e. The van der Waals surface area contributed by atoms with Crippen molar-refractivity contribution in [3.63, 3.8) is 0 Å². The lowest BCUT2D eigenvalue weighted by Crippen LogP contribution is -2.30. The molecule has 1 amide bonds. The van der Waals surface area contributed by atoms with E-state index in [0.717, 1.165) is 21.6 Å². The molecule has 106 valence electrons. The van der Waals surface area contributed by atoms with Crippen molar-refractivity contribution in [3.8, 4) is 0 Å². The van der Waals surface area contributed by atoms with Gasteiger partial charge in [0.1, 0.15) is 0 Å². The Morgan fingerprint density at radius 1 is 1.29 bits per heavy atom. The number of nitrogens with zero attached hydrogens (tertiary/aromatic N) is 2. The van der Waals surface area contributed by atoms with E-state index in [0.29, 0.717) is 12.1 Å². The number of carbonyl (C=O) groups is 1. The van der Waals surface area contributed by atoms with Gasteiger partial charge in [0.15, 0.2) is 0 Å². The van der Waals surface area contributed by atoms with Gasteiger partial charge in [-0.15, -0.1) is 0 Å². The Kier molecular flexibility index (Phi) is 3.60. The zero-order valence-electron chi connectivity index (χ0n) is 11.1. The summed E-state index contributed by atoms with van der Waals surface area (Å²) in [5, 5.41) is 1.80. The van der Waals surface area contributed by atoms with Crippen LogP contribution in [0.4, 0.5) is 0 Å². The highest BCUT2D eigenvalue weighted by Crippen LogP contribution is 2.21. The van der Waals surface area contributed by atoms with E-state index in [-0.39, 0.29) is 5.91 Å². The number of fused-ring (bicyclic) bond motifs is 1. The summed E-state index contributed by atoms with van der Waals surface area (Å²) in [6.45, 7) is 0.621. The maximum absolute atomic E-state index is 11.4. The molecule has 0 unspecified atom stereocenters. The number of nitrogens with two attached hydrogens (primary N) is 1. The minimum absolute atomic E-state index is 0.352. The second-order valence-corrected chi connectivity index (χ2v) is 5.09. The van der Waals surface area contributed by atoms with E-state index in [1.165, 1.54) is 6.20 Å². The number of pyridine rings is 1. The maximum Gasteiger partial charge on any atom is 0.266 e. The Balaban J connectivity index is 1.86. The predicted molar refractivity (Wildman–Crippen MR) is 81.9 cm³/mol. The molecule has 21 heavy (non-hydrogen) atoms. The lowest BCUT2D eigenvalue weighted by molar-refractivity contribution is 0.0953. The molecule has 0 fully saturated rings. The number of halogens is 1. The van der Waals surface area contributed by atoms with E-state index in [1.807, 2.05) is 36.5 Å². The summed E-state index contributed by atoms with van der Waals surface area (Å²) < 4.78 is 2.08. The van der Waals surface area contributed by atoms with Gasteiger partial charge in [-0.25, -0.2) is 5.84 Å². The van der Waals surface area contributed by atoms with Crippen molar-refractivity contribution in [2.24, 2.45) is 5.84 Å². The molecular formula is C15H13ClN4O. The third-order valence-electron chi connectivity index (χ3n) is 3.28. The highest BCUT2D eigenvalue weighted by Gasteiger charge is 2.06. The van der Waals surface area contributed by atoms with Crippen LogP contribution in [-0.2, 0) is 6.54 Å². The van der Waals surface area contributed by atoms with E-state index >= 15 is 0 Å². The third-order valence-corrected chi connectivity index (χ3v) is 3.52. The highest BCUT2D eigenvalue weighted by atomic mass is 35.5. The van der Waals surface area contributed by atoms with Gasteiger partial charge in [0.05, 0.1) is 17.8 Å². The first-order valence-corrected chi connectivity index (χ1v) is 6.75. The van der Waals surface area contributed by atoms with Gasteiger partial charge < -0.3 is 4.57 Å². The fourth-order valence-corrected chi connectivity index (χ4v) is 2.40. The first-order chi connectivity index (χ1) is 10.2. The van der Waals surface area contributed by atoms with Crippen molar-refractivity contribution in [1.82, 2.24) is 15.0 Å². The van der Waals surface area contributed by atoms with Crippen molar-refractivity contribution < 1.29 is 4.79 Å². The van der Waals surface area contributed by atoms with Crippen molar-refractivity contribution in [3.05, 3.63) is 65.1 Å². The van der Waals surface area contributed by atoms with E-state index in [2.05, 4.69) is 15.0 Å². The molecule has 0 saturated heterocycles. The summed E-state index contributed by atoms with van der Waals surface area (Å²) in [5.74, 6) is 4.73. The number of rotatable bonds is 3. The number of carbonyl (C=O) groups excluding carboxylic acids is 1. The summed E-state index contributed by atoms with van der Waals surface area (Å²) in [6, 6.07) is 11.3. The summed E-state index contributed by atoms with van der Waals surface area (Å²) in [7, 11) is 0. The summed E-state index contributed by atoms with van der Waals surface area (Å²) >= 11 is 5.98. The lowest BCUT2D eigenvalue weighted by atomic mass is 10.2. The molecule has 5 nitrogen and oxygen atoms in total. The second-order valence-electron chi connectivity index (χ2n) is 4.66. The first kappa shape index (κ1) is 13.6. The van der Waals surface area contributed by atoms with E-state index in [1.54, 1.807) is 6.07 Å². The Bertz CT molecular complexity index is 795. The molecule has 3 N–H and O–H groups in total. The van der Waals surface area contributed by atoms with Gasteiger partial charge in [-0.1, -0.05) is 11.6 Å². The van der Waals surface area contributed by atoms with Crippen LogP contribution in [0.5, 0.6) is 0 Å². The van der Waals surface area contributed by atoms with E-state index in [9.17, 15) is 4.79 Å². The largest absolute Gasteiger partial charge is 0.341 e. The number of aromatic nitrogens is 2. The molecule has 0 aliphatic heterocycles. The van der Waals surface area contributed by atoms with Crippen LogP contribution < -0.4 is 11.3 Å². The molecule has 0 bridgehead atoms. The number of nitrogen functional groups attached to an aromatic ring is 1. The molecule has 0 radical (unpaired) electrons. The van der Waals surface area contributed by atoms with Crippen molar-refractivity contribution in [1.29, 1.82) is 0 Å². The fourth-order valence-electron chi connectivity index (χ4n) is 2.22. The van der Waals surface area contributed by atoms with Crippen LogP contribution in [0.15, 0.2) is 48.8 Å². The van der Waals surface area contributed by atoms with Gasteiger partial charge in [-0.2, -0.15) is 0 Å². The van der Waals surface area contributed by atoms with Gasteiger partial charge >= 0.3 is 0 Å². The maximum atomic E-state index is 11.4. The Labute approximate surface area is 126 Å². The average Bonchev–Trinajstić information content (AvgIpc) is 2.89. The quantitative estimate of drug-likeness (QED) is 0.443. The highest BCUT2D eigenvalue weighted by molar-refractivity contribution is 6.31. The molecule has 2 heterocycles. The van der Waals surface area contributed by atoms with Crippen LogP contribution in [0.2, 0.25) is 5.02 Å². The van der Waals surface area contributed by atoms with Gasteiger partial charge in [0.2, 0.25) is 0 Å². The minimum Gasteiger partial charge on any atom is -0.341 e. The molecule has 3 aromatic rings. The monoisotopic (exact) mass is 300 g/mol. The van der Waals surface area contributed by atoms with Crippen molar-refractivity contribution in [2.75, 3.05) is 0 Å². The van der Waals surface area contributed by atoms with Crippen LogP contribution in [-0.4, -0.2) is 15.5 Å². The number of hydrazine groups is 1. The van der Waals surface area contributed by atoms with E-state index < -0.39 is 0 Å². The predicted octanol–water partition coefficient (Wildman–Crippen LogP) is 2.34. The zero-order chi connectivity index (χ0) is 14.8. The normalized spacial score (nSPS) is 10.8. The summed E-state index contributed by atoms with van der Waals surface area (Å²) in [6.07, 6.45) is 3.50. The lowest BCUT2D eigenvalue weighted by Gasteiger charge is -2.06. The molecule has 0 atom stereocenters. The third kappa shape index (κ3) is 2.74. The summed E-state index contributed by atoms with van der Waals surface area (Å²) in [5.41, 5.74) is 4.46. The SMILES string of the molecule is NNC(=O)c1ccc(Cn2ccc3cc(Cl)ccc32)nc1. The molecular weight excluding hydrogens is 288 g/mol. The molecule has 0 saturated carbocycles. The Hall–Kier alpha value is -2.37. The fraction of sp³-hybridized carbons (Fsp3) is 0.0667. The molecule has 0 spiro atoms. The Morgan fingerprint density at radius 2 is 2.14 bits per heavy atom. The molecule has 3 rings (SSSR count). The number of benzene rings is 1. The molecule has 0 aliphatic carbocycles. The van der Waals surface area contributed by atoms with Gasteiger partial charge in [-0.05, 0) is 36.4 Å². The minimum atomic E-state index is -0.352. The van der Waals surface area contributed by atoms with E-state index in [4.69, 9.17) is 17.4 Å². The number of amides is 1.